The minimum Gasteiger partial charge on any atom is -0.350 e. The summed E-state index contributed by atoms with van der Waals surface area (Å²) in [5.41, 5.74) is 0.912. The zero-order chi connectivity index (χ0) is 10.4. The number of aromatic amines is 1. The van der Waals surface area contributed by atoms with Crippen LogP contribution in [0.2, 0.25) is 0 Å². The van der Waals surface area contributed by atoms with Gasteiger partial charge in [-0.1, -0.05) is 6.92 Å². The Morgan fingerprint density at radius 2 is 2.50 bits per heavy atom. The second-order valence-corrected chi connectivity index (χ2v) is 3.25. The van der Waals surface area contributed by atoms with Crippen LogP contribution in [0.1, 0.15) is 12.6 Å². The predicted molar refractivity (Wildman–Crippen MR) is 53.5 cm³/mol. The minimum atomic E-state index is -0.0112. The normalized spacial score (nSPS) is 12.4. The minimum absolute atomic E-state index is 0.0112. The molecule has 14 heavy (non-hydrogen) atoms. The fourth-order valence-corrected chi connectivity index (χ4v) is 1.14. The largest absolute Gasteiger partial charge is 0.350 e. The van der Waals surface area contributed by atoms with Gasteiger partial charge in [0.1, 0.15) is 0 Å². The highest BCUT2D eigenvalue weighted by Gasteiger charge is 2.10. The number of nitrogens with one attached hydrogen (secondary N) is 3. The molecule has 0 bridgehead atoms. The molecule has 0 saturated heterocycles. The highest BCUT2D eigenvalue weighted by molar-refractivity contribution is 5.78. The maximum Gasteiger partial charge on any atom is 0.224 e. The summed E-state index contributed by atoms with van der Waals surface area (Å²) in [4.78, 5) is 18.2. The third-order valence-electron chi connectivity index (χ3n) is 1.97. The van der Waals surface area contributed by atoms with E-state index in [1.807, 2.05) is 14.0 Å². The topological polar surface area (TPSA) is 69.8 Å². The summed E-state index contributed by atoms with van der Waals surface area (Å²) in [6.45, 7) is 3.08. The van der Waals surface area contributed by atoms with E-state index in [1.54, 1.807) is 12.5 Å². The van der Waals surface area contributed by atoms with Crippen LogP contribution in [0.3, 0.4) is 0 Å². The molecule has 1 rings (SSSR count). The summed E-state index contributed by atoms with van der Waals surface area (Å²) >= 11 is 0. The van der Waals surface area contributed by atoms with E-state index < -0.39 is 0 Å². The lowest BCUT2D eigenvalue weighted by atomic mass is 10.1. The first kappa shape index (κ1) is 10.7. The first-order chi connectivity index (χ1) is 6.74. The van der Waals surface area contributed by atoms with Crippen LogP contribution in [0.4, 0.5) is 0 Å². The molecule has 0 aliphatic carbocycles. The molecule has 1 aromatic rings. The summed E-state index contributed by atoms with van der Waals surface area (Å²) < 4.78 is 0. The monoisotopic (exact) mass is 196 g/mol. The van der Waals surface area contributed by atoms with Crippen LogP contribution in [-0.4, -0.2) is 29.5 Å². The van der Waals surface area contributed by atoms with Gasteiger partial charge >= 0.3 is 0 Å². The molecule has 0 saturated carbocycles. The lowest BCUT2D eigenvalue weighted by Gasteiger charge is -2.10. The Morgan fingerprint density at radius 3 is 3.07 bits per heavy atom. The Kier molecular flexibility index (Phi) is 4.12. The van der Waals surface area contributed by atoms with Crippen LogP contribution >= 0.6 is 0 Å². The summed E-state index contributed by atoms with van der Waals surface area (Å²) in [6.07, 6.45) is 3.29. The molecular formula is C9H16N4O. The van der Waals surface area contributed by atoms with Crippen LogP contribution in [-0.2, 0) is 11.3 Å². The van der Waals surface area contributed by atoms with Crippen molar-refractivity contribution in [1.29, 1.82) is 0 Å². The molecule has 1 atom stereocenters. The van der Waals surface area contributed by atoms with Crippen LogP contribution in [0.15, 0.2) is 12.5 Å². The first-order valence-electron chi connectivity index (χ1n) is 4.63. The molecule has 3 N–H and O–H groups in total. The van der Waals surface area contributed by atoms with E-state index in [0.29, 0.717) is 13.1 Å². The molecule has 0 aromatic carbocycles. The maximum atomic E-state index is 11.4. The van der Waals surface area contributed by atoms with Crippen molar-refractivity contribution in [3.63, 3.8) is 0 Å². The summed E-state index contributed by atoms with van der Waals surface area (Å²) in [6, 6.07) is 0. The molecule has 0 fully saturated rings. The highest BCUT2D eigenvalue weighted by atomic mass is 16.1. The molecule has 78 valence electrons. The van der Waals surface area contributed by atoms with Gasteiger partial charge in [-0.2, -0.15) is 0 Å². The van der Waals surface area contributed by atoms with Crippen molar-refractivity contribution in [2.24, 2.45) is 5.92 Å². The van der Waals surface area contributed by atoms with Gasteiger partial charge in [0.05, 0.1) is 18.6 Å². The summed E-state index contributed by atoms with van der Waals surface area (Å²) in [5.74, 6) is 0.0388. The van der Waals surface area contributed by atoms with E-state index in [4.69, 9.17) is 0 Å². The second kappa shape index (κ2) is 5.39. The number of carbonyl (C=O) groups is 1. The Bertz CT molecular complexity index is 270. The van der Waals surface area contributed by atoms with Crippen LogP contribution in [0, 0.1) is 5.92 Å². The molecular weight excluding hydrogens is 180 g/mol. The third-order valence-corrected chi connectivity index (χ3v) is 1.97. The van der Waals surface area contributed by atoms with Gasteiger partial charge in [0.2, 0.25) is 5.91 Å². The highest BCUT2D eigenvalue weighted by Crippen LogP contribution is 1.94. The molecule has 0 spiro atoms. The van der Waals surface area contributed by atoms with Crippen LogP contribution in [0.5, 0.6) is 0 Å². The lowest BCUT2D eigenvalue weighted by molar-refractivity contribution is -0.124. The number of hydrogen-bond donors (Lipinski definition) is 3. The molecule has 5 heteroatoms. The van der Waals surface area contributed by atoms with E-state index in [9.17, 15) is 4.79 Å². The molecule has 1 amide bonds. The van der Waals surface area contributed by atoms with Crippen molar-refractivity contribution in [1.82, 2.24) is 20.6 Å². The molecule has 1 heterocycles. The van der Waals surface area contributed by atoms with Crippen LogP contribution < -0.4 is 10.6 Å². The van der Waals surface area contributed by atoms with Gasteiger partial charge < -0.3 is 15.6 Å². The number of rotatable bonds is 5. The zero-order valence-electron chi connectivity index (χ0n) is 8.50. The summed E-state index contributed by atoms with van der Waals surface area (Å²) in [5, 5.41) is 5.78. The van der Waals surface area contributed by atoms with Crippen molar-refractivity contribution in [2.45, 2.75) is 13.5 Å². The lowest BCUT2D eigenvalue weighted by Crippen LogP contribution is -2.33. The first-order valence-corrected chi connectivity index (χ1v) is 4.63. The molecule has 0 aliphatic heterocycles. The fourth-order valence-electron chi connectivity index (χ4n) is 1.14. The Balaban J connectivity index is 2.27. The second-order valence-electron chi connectivity index (χ2n) is 3.25. The van der Waals surface area contributed by atoms with Crippen molar-refractivity contribution < 1.29 is 4.79 Å². The smallest absolute Gasteiger partial charge is 0.224 e. The van der Waals surface area contributed by atoms with Gasteiger partial charge in [-0.25, -0.2) is 4.98 Å². The molecule has 0 radical (unpaired) electrons. The standard InChI is InChI=1S/C9H16N4O/c1-7(3-10-2)9(14)12-5-8-4-11-6-13-8/h4,6-7,10H,3,5H2,1-2H3,(H,11,13)(H,12,14). The number of carbonyl (C=O) groups excluding carboxylic acids is 1. The number of H-pyrrole nitrogens is 1. The Morgan fingerprint density at radius 1 is 1.71 bits per heavy atom. The van der Waals surface area contributed by atoms with E-state index in [2.05, 4.69) is 20.6 Å². The summed E-state index contributed by atoms with van der Waals surface area (Å²) in [7, 11) is 1.83. The average Bonchev–Trinajstić information content (AvgIpc) is 2.67. The van der Waals surface area contributed by atoms with Gasteiger partial charge in [0, 0.05) is 18.7 Å². The van der Waals surface area contributed by atoms with E-state index >= 15 is 0 Å². The number of nitrogens with zero attached hydrogens (tertiary/aromatic N) is 1. The Labute approximate surface area is 83.3 Å². The van der Waals surface area contributed by atoms with Gasteiger partial charge in [-0.05, 0) is 7.05 Å². The van der Waals surface area contributed by atoms with Gasteiger partial charge in [-0.15, -0.1) is 0 Å². The van der Waals surface area contributed by atoms with Gasteiger partial charge in [0.25, 0.3) is 0 Å². The fraction of sp³-hybridized carbons (Fsp3) is 0.556. The SMILES string of the molecule is CNCC(C)C(=O)NCc1cnc[nH]1. The van der Waals surface area contributed by atoms with Crippen molar-refractivity contribution >= 4 is 5.91 Å². The van der Waals surface area contributed by atoms with Gasteiger partial charge in [-0.3, -0.25) is 4.79 Å². The number of amides is 1. The van der Waals surface area contributed by atoms with Gasteiger partial charge in [0.15, 0.2) is 0 Å². The number of aromatic nitrogens is 2. The molecule has 1 unspecified atom stereocenters. The van der Waals surface area contributed by atoms with E-state index in [-0.39, 0.29) is 11.8 Å². The number of hydrogen-bond acceptors (Lipinski definition) is 3. The third kappa shape index (κ3) is 3.18. The van der Waals surface area contributed by atoms with Crippen LogP contribution in [0.25, 0.3) is 0 Å². The number of imidazole rings is 1. The quantitative estimate of drug-likeness (QED) is 0.615. The molecule has 1 aromatic heterocycles. The van der Waals surface area contributed by atoms with Crippen molar-refractivity contribution in [3.05, 3.63) is 18.2 Å². The van der Waals surface area contributed by atoms with E-state index in [1.165, 1.54) is 0 Å². The maximum absolute atomic E-state index is 11.4. The Hall–Kier alpha value is -1.36. The predicted octanol–water partition coefficient (Wildman–Crippen LogP) is -0.119. The average molecular weight is 196 g/mol. The molecule has 0 aliphatic rings. The van der Waals surface area contributed by atoms with Crippen molar-refractivity contribution in [2.75, 3.05) is 13.6 Å². The van der Waals surface area contributed by atoms with E-state index in [0.717, 1.165) is 5.69 Å². The van der Waals surface area contributed by atoms with Crippen molar-refractivity contribution in [3.8, 4) is 0 Å². The zero-order valence-corrected chi connectivity index (χ0v) is 8.50. The molecule has 5 nitrogen and oxygen atoms in total.